The molecule has 0 aliphatic carbocycles. The highest BCUT2D eigenvalue weighted by molar-refractivity contribution is 6.59. The third-order valence-corrected chi connectivity index (χ3v) is 8.99. The quantitative estimate of drug-likeness (QED) is 0.231. The lowest BCUT2D eigenvalue weighted by atomic mass is 9.91. The van der Waals surface area contributed by atoms with Gasteiger partial charge in [-0.05, 0) is 48.1 Å². The van der Waals surface area contributed by atoms with Crippen molar-refractivity contribution < 1.29 is 22.0 Å². The molecule has 1 aliphatic heterocycles. The SMILES string of the molecule is CCCCC[Si]1CCC(c2ccc(-c3cc(F)c(C=C(F)F)c(F)c3)c(F)c2)CC1. The average Bonchev–Trinajstić information content (AvgIpc) is 2.71. The molecule has 2 aromatic rings. The van der Waals surface area contributed by atoms with Gasteiger partial charge in [0.2, 0.25) is 0 Å². The molecule has 6 heteroatoms. The van der Waals surface area contributed by atoms with Crippen molar-refractivity contribution in [2.45, 2.75) is 63.1 Å². The molecule has 0 unspecified atom stereocenters. The summed E-state index contributed by atoms with van der Waals surface area (Å²) in [7, 11) is -0.278. The summed E-state index contributed by atoms with van der Waals surface area (Å²) >= 11 is 0. The predicted octanol–water partition coefficient (Wildman–Crippen LogP) is 8.57. The van der Waals surface area contributed by atoms with Crippen molar-refractivity contribution in [3.63, 3.8) is 0 Å². The van der Waals surface area contributed by atoms with Crippen molar-refractivity contribution in [3.05, 3.63) is 65.0 Å². The van der Waals surface area contributed by atoms with Gasteiger partial charge in [0.25, 0.3) is 6.08 Å². The van der Waals surface area contributed by atoms with Gasteiger partial charge in [-0.1, -0.05) is 56.5 Å². The van der Waals surface area contributed by atoms with Gasteiger partial charge in [0, 0.05) is 20.4 Å². The normalized spacial score (nSPS) is 15.4. The highest BCUT2D eigenvalue weighted by atomic mass is 28.3. The number of halogens is 5. The Hall–Kier alpha value is -1.95. The molecule has 0 bridgehead atoms. The largest absolute Gasteiger partial charge is 0.271 e. The van der Waals surface area contributed by atoms with E-state index in [1.54, 1.807) is 0 Å². The molecule has 0 atom stereocenters. The summed E-state index contributed by atoms with van der Waals surface area (Å²) in [6, 6.07) is 10.5. The number of benzene rings is 2. The fraction of sp³-hybridized carbons (Fsp3) is 0.417. The van der Waals surface area contributed by atoms with Gasteiger partial charge in [-0.15, -0.1) is 0 Å². The molecular weight excluding hydrogens is 411 g/mol. The van der Waals surface area contributed by atoms with E-state index in [1.807, 2.05) is 6.07 Å². The zero-order valence-electron chi connectivity index (χ0n) is 17.1. The van der Waals surface area contributed by atoms with Gasteiger partial charge in [-0.2, -0.15) is 8.78 Å². The summed E-state index contributed by atoms with van der Waals surface area (Å²) in [6.07, 6.45) is 3.93. The lowest BCUT2D eigenvalue weighted by molar-refractivity contribution is 0.428. The minimum atomic E-state index is -2.20. The fourth-order valence-electron chi connectivity index (χ4n) is 4.24. The molecule has 0 spiro atoms. The Bertz CT molecular complexity index is 873. The smallest absolute Gasteiger partial charge is 0.206 e. The van der Waals surface area contributed by atoms with Crippen molar-refractivity contribution in [2.24, 2.45) is 0 Å². The molecular formula is C24H26F5Si. The molecule has 3 rings (SSSR count). The van der Waals surface area contributed by atoms with Crippen LogP contribution in [0.2, 0.25) is 18.1 Å². The topological polar surface area (TPSA) is 0 Å². The summed E-state index contributed by atoms with van der Waals surface area (Å²) in [5.74, 6) is -2.52. The second kappa shape index (κ2) is 10.4. The van der Waals surface area contributed by atoms with E-state index in [2.05, 4.69) is 6.92 Å². The van der Waals surface area contributed by atoms with Crippen LogP contribution in [0, 0.1) is 17.5 Å². The summed E-state index contributed by atoms with van der Waals surface area (Å²) in [4.78, 5) is 0. The highest BCUT2D eigenvalue weighted by Gasteiger charge is 2.24. The lowest BCUT2D eigenvalue weighted by Crippen LogP contribution is -2.20. The van der Waals surface area contributed by atoms with Crippen molar-refractivity contribution in [1.29, 1.82) is 0 Å². The van der Waals surface area contributed by atoms with E-state index in [-0.39, 0.29) is 26.0 Å². The first-order valence-corrected chi connectivity index (χ1v) is 12.7. The van der Waals surface area contributed by atoms with Crippen molar-refractivity contribution in [1.82, 2.24) is 0 Å². The maximum absolute atomic E-state index is 14.8. The van der Waals surface area contributed by atoms with Crippen molar-refractivity contribution in [3.8, 4) is 11.1 Å². The van der Waals surface area contributed by atoms with Crippen LogP contribution < -0.4 is 0 Å². The third-order valence-electron chi connectivity index (χ3n) is 5.93. The molecule has 30 heavy (non-hydrogen) atoms. The van der Waals surface area contributed by atoms with E-state index in [4.69, 9.17) is 0 Å². The van der Waals surface area contributed by atoms with Crippen LogP contribution in [0.3, 0.4) is 0 Å². The molecule has 0 saturated carbocycles. The van der Waals surface area contributed by atoms with Gasteiger partial charge in [0.1, 0.15) is 17.5 Å². The summed E-state index contributed by atoms with van der Waals surface area (Å²) in [6.45, 7) is 2.21. The van der Waals surface area contributed by atoms with Crippen molar-refractivity contribution in [2.75, 3.05) is 0 Å². The number of unbranched alkanes of at least 4 members (excludes halogenated alkanes) is 2. The number of rotatable bonds is 7. The Morgan fingerprint density at radius 1 is 0.967 bits per heavy atom. The van der Waals surface area contributed by atoms with E-state index < -0.39 is 29.1 Å². The van der Waals surface area contributed by atoms with E-state index in [0.29, 0.717) is 5.92 Å². The molecule has 1 saturated heterocycles. The van der Waals surface area contributed by atoms with E-state index in [1.165, 1.54) is 49.5 Å². The Kier molecular flexibility index (Phi) is 7.86. The second-order valence-electron chi connectivity index (χ2n) is 8.01. The summed E-state index contributed by atoms with van der Waals surface area (Å²) in [5.41, 5.74) is 0.156. The summed E-state index contributed by atoms with van der Waals surface area (Å²) < 4.78 is 67.6. The van der Waals surface area contributed by atoms with Crippen LogP contribution in [0.4, 0.5) is 22.0 Å². The first kappa shape index (κ1) is 22.7. The standard InChI is InChI=1S/C24H26F5Si/c1-2-3-4-9-30-10-7-16(8-11-30)17-5-6-19(21(25)12-17)18-13-22(26)20(15-24(28)29)23(27)14-18/h5-6,12-16H,2-4,7-11H2,1H3. The van der Waals surface area contributed by atoms with Crippen LogP contribution in [-0.2, 0) is 0 Å². The monoisotopic (exact) mass is 437 g/mol. The minimum Gasteiger partial charge on any atom is -0.206 e. The molecule has 1 fully saturated rings. The summed E-state index contributed by atoms with van der Waals surface area (Å²) in [5, 5.41) is 0. The molecule has 1 aliphatic rings. The van der Waals surface area contributed by atoms with Gasteiger partial charge in [-0.25, -0.2) is 13.2 Å². The molecule has 0 amide bonds. The lowest BCUT2D eigenvalue weighted by Gasteiger charge is -2.28. The molecule has 2 aromatic carbocycles. The van der Waals surface area contributed by atoms with Crippen LogP contribution in [0.1, 0.15) is 56.1 Å². The zero-order valence-corrected chi connectivity index (χ0v) is 18.1. The Balaban J connectivity index is 1.73. The molecule has 161 valence electrons. The van der Waals surface area contributed by atoms with Gasteiger partial charge in [0.15, 0.2) is 0 Å². The molecule has 0 N–H and O–H groups in total. The van der Waals surface area contributed by atoms with Crippen molar-refractivity contribution >= 4 is 14.9 Å². The van der Waals surface area contributed by atoms with Crippen LogP contribution >= 0.6 is 0 Å². The van der Waals surface area contributed by atoms with E-state index >= 15 is 0 Å². The highest BCUT2D eigenvalue weighted by Crippen LogP contribution is 2.37. The molecule has 1 radical (unpaired) electrons. The predicted molar refractivity (Wildman–Crippen MR) is 114 cm³/mol. The Morgan fingerprint density at radius 2 is 1.63 bits per heavy atom. The number of hydrogen-bond donors (Lipinski definition) is 0. The minimum absolute atomic E-state index is 0.00414. The van der Waals surface area contributed by atoms with Crippen LogP contribution in [0.5, 0.6) is 0 Å². The molecule has 0 nitrogen and oxygen atoms in total. The number of hydrogen-bond acceptors (Lipinski definition) is 0. The van der Waals surface area contributed by atoms with Gasteiger partial charge in [-0.3, -0.25) is 0 Å². The van der Waals surface area contributed by atoms with Gasteiger partial charge < -0.3 is 0 Å². The molecule has 0 aromatic heterocycles. The van der Waals surface area contributed by atoms with Gasteiger partial charge >= 0.3 is 0 Å². The van der Waals surface area contributed by atoms with E-state index in [9.17, 15) is 22.0 Å². The second-order valence-corrected chi connectivity index (χ2v) is 11.0. The molecule has 1 heterocycles. The first-order chi connectivity index (χ1) is 14.4. The third kappa shape index (κ3) is 5.59. The van der Waals surface area contributed by atoms with Crippen LogP contribution in [0.25, 0.3) is 17.2 Å². The maximum Gasteiger partial charge on any atom is 0.271 e. The van der Waals surface area contributed by atoms with Gasteiger partial charge in [0.05, 0.1) is 5.56 Å². The Morgan fingerprint density at radius 3 is 2.20 bits per heavy atom. The first-order valence-electron chi connectivity index (χ1n) is 10.5. The van der Waals surface area contributed by atoms with Crippen LogP contribution in [-0.4, -0.2) is 8.80 Å². The fourth-order valence-corrected chi connectivity index (χ4v) is 7.25. The Labute approximate surface area is 176 Å². The average molecular weight is 438 g/mol. The van der Waals surface area contributed by atoms with Crippen LogP contribution in [0.15, 0.2) is 36.4 Å². The maximum atomic E-state index is 14.8. The zero-order chi connectivity index (χ0) is 21.7. The van der Waals surface area contributed by atoms with E-state index in [0.717, 1.165) is 30.5 Å².